The molecule has 2 heterocycles. The van der Waals surface area contributed by atoms with Crippen LogP contribution in [0.3, 0.4) is 0 Å². The van der Waals surface area contributed by atoms with Crippen LogP contribution >= 0.6 is 12.4 Å². The molecule has 2 N–H and O–H groups in total. The zero-order valence-corrected chi connectivity index (χ0v) is 16.2. The topological polar surface area (TPSA) is 74.6 Å². The van der Waals surface area contributed by atoms with Gasteiger partial charge in [-0.05, 0) is 43.7 Å². The van der Waals surface area contributed by atoms with Crippen molar-refractivity contribution >= 4 is 35.0 Å². The first-order valence-electron chi connectivity index (χ1n) is 9.63. The minimum absolute atomic E-state index is 0. The Morgan fingerprint density at radius 3 is 2.61 bits per heavy atom. The number of aromatic carboxylic acids is 1. The lowest BCUT2D eigenvalue weighted by atomic mass is 10.1. The number of rotatable bonds is 4. The summed E-state index contributed by atoms with van der Waals surface area (Å²) in [4.78, 5) is 26.1. The molecular formula is C20H23ClFN3O3. The standard InChI is InChI=1S/C20H22FN3O3.ClH/c21-15-7-13-17(24(12-3-4-12)9-14(19(13)25)20(26)27)8-18(15)23-6-5-22-16(10-23)11-1-2-11;/h7-9,11-12,16,22H,1-6,10H2,(H,26,27);1H. The van der Waals surface area contributed by atoms with Gasteiger partial charge in [-0.3, -0.25) is 4.79 Å². The number of nitrogens with one attached hydrogen (secondary N) is 1. The lowest BCUT2D eigenvalue weighted by molar-refractivity contribution is 0.0695. The monoisotopic (exact) mass is 407 g/mol. The van der Waals surface area contributed by atoms with Gasteiger partial charge in [0.1, 0.15) is 11.4 Å². The Kier molecular flexibility index (Phi) is 4.83. The van der Waals surface area contributed by atoms with Crippen LogP contribution in [-0.2, 0) is 0 Å². The molecule has 1 aliphatic heterocycles. The number of piperazine rings is 1. The van der Waals surface area contributed by atoms with Crippen LogP contribution in [0.4, 0.5) is 10.1 Å². The highest BCUT2D eigenvalue weighted by atomic mass is 35.5. The average molecular weight is 408 g/mol. The van der Waals surface area contributed by atoms with Gasteiger partial charge in [-0.25, -0.2) is 9.18 Å². The van der Waals surface area contributed by atoms with Crippen LogP contribution in [0.1, 0.15) is 42.1 Å². The first-order chi connectivity index (χ1) is 13.0. The highest BCUT2D eigenvalue weighted by Gasteiger charge is 2.35. The molecule has 3 fully saturated rings. The molecule has 2 aromatic rings. The number of aromatic nitrogens is 1. The number of nitrogens with zero attached hydrogens (tertiary/aromatic N) is 2. The fourth-order valence-electron chi connectivity index (χ4n) is 4.22. The van der Waals surface area contributed by atoms with Gasteiger partial charge in [0.2, 0.25) is 5.43 Å². The van der Waals surface area contributed by atoms with Crippen LogP contribution in [0, 0.1) is 11.7 Å². The van der Waals surface area contributed by atoms with Crippen LogP contribution in [0.2, 0.25) is 0 Å². The van der Waals surface area contributed by atoms with E-state index in [-0.39, 0.29) is 29.4 Å². The van der Waals surface area contributed by atoms with E-state index in [0.717, 1.165) is 25.9 Å². The maximum Gasteiger partial charge on any atom is 0.341 e. The number of hydrogen-bond donors (Lipinski definition) is 2. The molecule has 1 aromatic heterocycles. The second kappa shape index (κ2) is 7.04. The molecule has 5 rings (SSSR count). The van der Waals surface area contributed by atoms with Crippen molar-refractivity contribution in [3.8, 4) is 0 Å². The molecule has 1 saturated heterocycles. The fraction of sp³-hybridized carbons (Fsp3) is 0.500. The summed E-state index contributed by atoms with van der Waals surface area (Å²) in [6, 6.07) is 3.54. The normalized spacial score (nSPS) is 22.2. The lowest BCUT2D eigenvalue weighted by Gasteiger charge is -2.35. The second-order valence-corrected chi connectivity index (χ2v) is 7.98. The van der Waals surface area contributed by atoms with Crippen molar-refractivity contribution in [2.45, 2.75) is 37.8 Å². The molecule has 8 heteroatoms. The molecule has 1 atom stereocenters. The Bertz CT molecular complexity index is 1000. The summed E-state index contributed by atoms with van der Waals surface area (Å²) in [6.45, 7) is 2.28. The van der Waals surface area contributed by atoms with Gasteiger partial charge < -0.3 is 19.9 Å². The zero-order valence-electron chi connectivity index (χ0n) is 15.4. The Balaban J connectivity index is 0.00000192. The zero-order chi connectivity index (χ0) is 18.7. The maximum atomic E-state index is 15.0. The number of carboxylic acids is 1. The molecule has 0 spiro atoms. The summed E-state index contributed by atoms with van der Waals surface area (Å²) < 4.78 is 16.8. The summed E-state index contributed by atoms with van der Waals surface area (Å²) in [5, 5.41) is 13.0. The van der Waals surface area contributed by atoms with Gasteiger partial charge >= 0.3 is 5.97 Å². The van der Waals surface area contributed by atoms with E-state index in [4.69, 9.17) is 0 Å². The molecule has 2 saturated carbocycles. The van der Waals surface area contributed by atoms with Crippen molar-refractivity contribution in [2.75, 3.05) is 24.5 Å². The SMILES string of the molecule is Cl.O=C(O)c1cn(C2CC2)c2cc(N3CCNC(C4CC4)C3)c(F)cc2c1=O. The van der Waals surface area contributed by atoms with Crippen molar-refractivity contribution in [1.82, 2.24) is 9.88 Å². The highest BCUT2D eigenvalue weighted by molar-refractivity contribution is 5.93. The van der Waals surface area contributed by atoms with Crippen molar-refractivity contribution in [3.63, 3.8) is 0 Å². The minimum atomic E-state index is -1.27. The Morgan fingerprint density at radius 2 is 1.96 bits per heavy atom. The lowest BCUT2D eigenvalue weighted by Crippen LogP contribution is -2.52. The predicted octanol–water partition coefficient (Wildman–Crippen LogP) is 2.78. The van der Waals surface area contributed by atoms with Crippen LogP contribution in [0.5, 0.6) is 0 Å². The molecule has 150 valence electrons. The van der Waals surface area contributed by atoms with Gasteiger partial charge in [-0.15, -0.1) is 12.4 Å². The number of halogens is 2. The number of carbonyl (C=O) groups is 1. The molecule has 1 unspecified atom stereocenters. The molecule has 3 aliphatic rings. The summed E-state index contributed by atoms with van der Waals surface area (Å²) >= 11 is 0. The molecule has 1 aromatic carbocycles. The van der Waals surface area contributed by atoms with Crippen LogP contribution in [0.25, 0.3) is 10.9 Å². The maximum absolute atomic E-state index is 15.0. The van der Waals surface area contributed by atoms with Gasteiger partial charge in [0.25, 0.3) is 0 Å². The van der Waals surface area contributed by atoms with E-state index in [1.54, 1.807) is 6.07 Å². The quantitative estimate of drug-likeness (QED) is 0.815. The van der Waals surface area contributed by atoms with Crippen molar-refractivity contribution < 1.29 is 14.3 Å². The molecule has 28 heavy (non-hydrogen) atoms. The number of hydrogen-bond acceptors (Lipinski definition) is 4. The Labute approximate surface area is 167 Å². The van der Waals surface area contributed by atoms with Gasteiger partial charge in [-0.1, -0.05) is 0 Å². The number of carboxylic acid groups (broad SMARTS) is 1. The molecule has 0 radical (unpaired) electrons. The summed E-state index contributed by atoms with van der Waals surface area (Å²) in [7, 11) is 0. The largest absolute Gasteiger partial charge is 0.477 e. The van der Waals surface area contributed by atoms with E-state index in [2.05, 4.69) is 10.2 Å². The van der Waals surface area contributed by atoms with E-state index in [0.29, 0.717) is 29.7 Å². The minimum Gasteiger partial charge on any atom is -0.477 e. The smallest absolute Gasteiger partial charge is 0.341 e. The van der Waals surface area contributed by atoms with E-state index >= 15 is 0 Å². The first-order valence-corrected chi connectivity index (χ1v) is 9.63. The predicted molar refractivity (Wildman–Crippen MR) is 107 cm³/mol. The second-order valence-electron chi connectivity index (χ2n) is 7.98. The van der Waals surface area contributed by atoms with Crippen molar-refractivity contribution in [3.05, 3.63) is 39.9 Å². The summed E-state index contributed by atoms with van der Waals surface area (Å²) in [5.74, 6) is -1.05. The Hall–Kier alpha value is -2.12. The van der Waals surface area contributed by atoms with Gasteiger partial charge in [0, 0.05) is 43.3 Å². The van der Waals surface area contributed by atoms with E-state index in [1.807, 2.05) is 4.57 Å². The number of anilines is 1. The third kappa shape index (κ3) is 3.26. The van der Waals surface area contributed by atoms with Crippen LogP contribution in [0.15, 0.2) is 23.1 Å². The van der Waals surface area contributed by atoms with Gasteiger partial charge in [-0.2, -0.15) is 0 Å². The van der Waals surface area contributed by atoms with Crippen LogP contribution in [-0.4, -0.2) is 41.3 Å². The third-order valence-electron chi connectivity index (χ3n) is 6.01. The molecule has 2 aliphatic carbocycles. The van der Waals surface area contributed by atoms with Gasteiger partial charge in [0.05, 0.1) is 11.2 Å². The van der Waals surface area contributed by atoms with Gasteiger partial charge in [0.15, 0.2) is 0 Å². The molecule has 0 amide bonds. The fourth-order valence-corrected chi connectivity index (χ4v) is 4.22. The number of benzene rings is 1. The van der Waals surface area contributed by atoms with E-state index in [9.17, 15) is 19.1 Å². The van der Waals surface area contributed by atoms with E-state index in [1.165, 1.54) is 25.1 Å². The third-order valence-corrected chi connectivity index (χ3v) is 6.01. The molecular weight excluding hydrogens is 385 g/mol. The van der Waals surface area contributed by atoms with E-state index < -0.39 is 17.2 Å². The van der Waals surface area contributed by atoms with Crippen molar-refractivity contribution in [2.24, 2.45) is 5.92 Å². The number of pyridine rings is 1. The highest BCUT2D eigenvalue weighted by Crippen LogP contribution is 2.39. The first kappa shape index (κ1) is 19.2. The molecule has 6 nitrogen and oxygen atoms in total. The summed E-state index contributed by atoms with van der Waals surface area (Å²) in [6.07, 6.45) is 5.77. The number of fused-ring (bicyclic) bond motifs is 1. The Morgan fingerprint density at radius 1 is 1.21 bits per heavy atom. The van der Waals surface area contributed by atoms with Crippen LogP contribution < -0.4 is 15.6 Å². The summed E-state index contributed by atoms with van der Waals surface area (Å²) in [5.41, 5.74) is 0.227. The average Bonchev–Trinajstić information content (AvgIpc) is 3.55. The molecule has 0 bridgehead atoms. The van der Waals surface area contributed by atoms with Crippen molar-refractivity contribution in [1.29, 1.82) is 0 Å².